The minimum absolute atomic E-state index is 0.167. The van der Waals surface area contributed by atoms with E-state index in [1.165, 1.54) is 0 Å². The summed E-state index contributed by atoms with van der Waals surface area (Å²) in [6.45, 7) is 9.98. The predicted molar refractivity (Wildman–Crippen MR) is 72.4 cm³/mol. The lowest BCUT2D eigenvalue weighted by atomic mass is 10.1. The molecular weight excluding hydrogens is 210 g/mol. The van der Waals surface area contributed by atoms with Crippen molar-refractivity contribution in [3.63, 3.8) is 0 Å². The molecule has 1 aromatic carbocycles. The maximum atomic E-state index is 12.4. The van der Waals surface area contributed by atoms with Crippen LogP contribution in [-0.4, -0.2) is 23.9 Å². The van der Waals surface area contributed by atoms with E-state index in [-0.39, 0.29) is 5.91 Å². The van der Waals surface area contributed by atoms with Gasteiger partial charge >= 0.3 is 0 Å². The van der Waals surface area contributed by atoms with Crippen molar-refractivity contribution in [3.05, 3.63) is 34.9 Å². The molecule has 0 aliphatic rings. The lowest BCUT2D eigenvalue weighted by molar-refractivity contribution is 0.0755. The van der Waals surface area contributed by atoms with Crippen LogP contribution in [0.2, 0.25) is 0 Å². The van der Waals surface area contributed by atoms with Crippen molar-refractivity contribution < 1.29 is 4.79 Å². The van der Waals surface area contributed by atoms with Crippen molar-refractivity contribution in [3.8, 4) is 0 Å². The zero-order chi connectivity index (χ0) is 12.8. The maximum absolute atomic E-state index is 12.4. The Hall–Kier alpha value is -1.31. The van der Waals surface area contributed by atoms with Crippen LogP contribution in [0.25, 0.3) is 0 Å². The second-order valence-corrected chi connectivity index (χ2v) is 4.67. The van der Waals surface area contributed by atoms with Crippen LogP contribution < -0.4 is 0 Å². The van der Waals surface area contributed by atoms with Crippen LogP contribution >= 0.6 is 0 Å². The first-order valence-electron chi connectivity index (χ1n) is 6.46. The molecule has 1 rings (SSSR count). The number of carbonyl (C=O) groups is 1. The predicted octanol–water partition coefficient (Wildman–Crippen LogP) is 3.57. The van der Waals surface area contributed by atoms with Crippen LogP contribution in [0.3, 0.4) is 0 Å². The molecule has 0 bridgehead atoms. The Morgan fingerprint density at radius 3 is 1.88 bits per heavy atom. The molecule has 0 saturated carbocycles. The van der Waals surface area contributed by atoms with Crippen LogP contribution in [0.1, 0.15) is 48.2 Å². The molecule has 0 aliphatic heterocycles. The van der Waals surface area contributed by atoms with Gasteiger partial charge in [0.25, 0.3) is 5.91 Å². The van der Waals surface area contributed by atoms with Crippen molar-refractivity contribution in [2.24, 2.45) is 0 Å². The molecule has 0 fully saturated rings. The highest BCUT2D eigenvalue weighted by Crippen LogP contribution is 2.12. The molecule has 2 nitrogen and oxygen atoms in total. The Bertz CT molecular complexity index is 358. The van der Waals surface area contributed by atoms with Gasteiger partial charge in [0.1, 0.15) is 0 Å². The number of benzene rings is 1. The maximum Gasteiger partial charge on any atom is 0.253 e. The number of rotatable bonds is 5. The Morgan fingerprint density at radius 1 is 1.00 bits per heavy atom. The van der Waals surface area contributed by atoms with Gasteiger partial charge in [0, 0.05) is 18.7 Å². The molecule has 0 atom stereocenters. The fourth-order valence-electron chi connectivity index (χ4n) is 2.14. The molecule has 0 heterocycles. The molecule has 17 heavy (non-hydrogen) atoms. The fraction of sp³-hybridized carbons (Fsp3) is 0.533. The Labute approximate surface area is 105 Å². The lowest BCUT2D eigenvalue weighted by Crippen LogP contribution is -2.32. The van der Waals surface area contributed by atoms with Gasteiger partial charge in [-0.05, 0) is 38.8 Å². The standard InChI is InChI=1S/C15H23NO/c1-5-7-16(8-6-2)15(17)14-10-12(3)9-13(4)11-14/h9-11H,5-8H2,1-4H3. The van der Waals surface area contributed by atoms with Crippen molar-refractivity contribution in [2.75, 3.05) is 13.1 Å². The van der Waals surface area contributed by atoms with Crippen molar-refractivity contribution in [1.29, 1.82) is 0 Å². The number of hydrogen-bond donors (Lipinski definition) is 0. The summed E-state index contributed by atoms with van der Waals surface area (Å²) in [6, 6.07) is 6.06. The third kappa shape index (κ3) is 3.88. The molecule has 94 valence electrons. The molecule has 2 heteroatoms. The zero-order valence-electron chi connectivity index (χ0n) is 11.4. The Kier molecular flexibility index (Phi) is 5.20. The summed E-state index contributed by atoms with van der Waals surface area (Å²) in [5, 5.41) is 0. The SMILES string of the molecule is CCCN(CCC)C(=O)c1cc(C)cc(C)c1. The monoisotopic (exact) mass is 233 g/mol. The fourth-order valence-corrected chi connectivity index (χ4v) is 2.14. The number of hydrogen-bond acceptors (Lipinski definition) is 1. The van der Waals surface area contributed by atoms with E-state index in [1.807, 2.05) is 30.9 Å². The van der Waals surface area contributed by atoms with Gasteiger partial charge in [0.2, 0.25) is 0 Å². The van der Waals surface area contributed by atoms with Crippen LogP contribution in [0, 0.1) is 13.8 Å². The van der Waals surface area contributed by atoms with Gasteiger partial charge in [-0.15, -0.1) is 0 Å². The van der Waals surface area contributed by atoms with Crippen LogP contribution in [0.4, 0.5) is 0 Å². The molecule has 0 unspecified atom stereocenters. The smallest absolute Gasteiger partial charge is 0.253 e. The van der Waals surface area contributed by atoms with E-state index >= 15 is 0 Å². The summed E-state index contributed by atoms with van der Waals surface area (Å²) in [5.41, 5.74) is 3.13. The molecule has 0 radical (unpaired) electrons. The van der Waals surface area contributed by atoms with Crippen molar-refractivity contribution in [1.82, 2.24) is 4.90 Å². The quantitative estimate of drug-likeness (QED) is 0.761. The lowest BCUT2D eigenvalue weighted by Gasteiger charge is -2.21. The van der Waals surface area contributed by atoms with Crippen molar-refractivity contribution >= 4 is 5.91 Å². The molecule has 1 aromatic rings. The Balaban J connectivity index is 2.92. The largest absolute Gasteiger partial charge is 0.339 e. The second kappa shape index (κ2) is 6.43. The summed E-state index contributed by atoms with van der Waals surface area (Å²) in [6.07, 6.45) is 2.02. The molecule has 0 aromatic heterocycles. The summed E-state index contributed by atoms with van der Waals surface area (Å²) < 4.78 is 0. The first-order chi connectivity index (χ1) is 8.08. The van der Waals surface area contributed by atoms with E-state index in [4.69, 9.17) is 0 Å². The highest BCUT2D eigenvalue weighted by Gasteiger charge is 2.14. The summed E-state index contributed by atoms with van der Waals surface area (Å²) in [7, 11) is 0. The van der Waals surface area contributed by atoms with Gasteiger partial charge in [-0.1, -0.05) is 31.0 Å². The highest BCUT2D eigenvalue weighted by atomic mass is 16.2. The van der Waals surface area contributed by atoms with E-state index in [9.17, 15) is 4.79 Å². The summed E-state index contributed by atoms with van der Waals surface area (Å²) in [4.78, 5) is 14.3. The van der Waals surface area contributed by atoms with Gasteiger partial charge in [-0.25, -0.2) is 0 Å². The third-order valence-electron chi connectivity index (χ3n) is 2.74. The average molecular weight is 233 g/mol. The summed E-state index contributed by atoms with van der Waals surface area (Å²) in [5.74, 6) is 0.167. The average Bonchev–Trinajstić information content (AvgIpc) is 2.26. The Morgan fingerprint density at radius 2 is 1.47 bits per heavy atom. The van der Waals surface area contributed by atoms with E-state index in [2.05, 4.69) is 19.9 Å². The number of nitrogens with zero attached hydrogens (tertiary/aromatic N) is 1. The van der Waals surface area contributed by atoms with Gasteiger partial charge in [0.05, 0.1) is 0 Å². The van der Waals surface area contributed by atoms with Crippen LogP contribution in [0.15, 0.2) is 18.2 Å². The molecule has 0 saturated heterocycles. The summed E-state index contributed by atoms with van der Waals surface area (Å²) >= 11 is 0. The van der Waals surface area contributed by atoms with Crippen LogP contribution in [-0.2, 0) is 0 Å². The molecule has 0 spiro atoms. The van der Waals surface area contributed by atoms with Gasteiger partial charge in [-0.3, -0.25) is 4.79 Å². The molecule has 0 N–H and O–H groups in total. The normalized spacial score (nSPS) is 10.4. The minimum Gasteiger partial charge on any atom is -0.339 e. The first kappa shape index (κ1) is 13.8. The van der Waals surface area contributed by atoms with E-state index in [0.717, 1.165) is 42.6 Å². The van der Waals surface area contributed by atoms with E-state index < -0.39 is 0 Å². The topological polar surface area (TPSA) is 20.3 Å². The van der Waals surface area contributed by atoms with Gasteiger partial charge in [0.15, 0.2) is 0 Å². The van der Waals surface area contributed by atoms with Gasteiger partial charge < -0.3 is 4.90 Å². The minimum atomic E-state index is 0.167. The van der Waals surface area contributed by atoms with E-state index in [1.54, 1.807) is 0 Å². The number of carbonyl (C=O) groups excluding carboxylic acids is 1. The van der Waals surface area contributed by atoms with Crippen LogP contribution in [0.5, 0.6) is 0 Å². The highest BCUT2D eigenvalue weighted by molar-refractivity contribution is 5.94. The van der Waals surface area contributed by atoms with Gasteiger partial charge in [-0.2, -0.15) is 0 Å². The zero-order valence-corrected chi connectivity index (χ0v) is 11.4. The molecule has 0 aliphatic carbocycles. The first-order valence-corrected chi connectivity index (χ1v) is 6.46. The van der Waals surface area contributed by atoms with Crippen molar-refractivity contribution in [2.45, 2.75) is 40.5 Å². The second-order valence-electron chi connectivity index (χ2n) is 4.67. The van der Waals surface area contributed by atoms with E-state index in [0.29, 0.717) is 0 Å². The third-order valence-corrected chi connectivity index (χ3v) is 2.74. The molecule has 1 amide bonds. The number of aryl methyl sites for hydroxylation is 2. The number of amides is 1. The molecular formula is C15H23NO.